The molecule has 0 spiro atoms. The molecule has 11 heteroatoms. The van der Waals surface area contributed by atoms with Crippen molar-refractivity contribution in [2.24, 2.45) is 0 Å². The number of hydrogen-bond acceptors (Lipinski definition) is 4. The summed E-state index contributed by atoms with van der Waals surface area (Å²) in [6.07, 6.45) is 2.93. The standard InChI is InChI=1S/C27H38N6O4S/c1-5-7-10-15-28-27(35)31-16-17-33(38(36,37)30(3)4)25(19-31)26(34)29-20-13-14-24-22(18-20)21-11-8-9-12-23(21)32(24)6-2/h8-9,11-14,18,25H,5-7,10,15-17,19H2,1-4H3,(H,28,35)(H,29,34). The number of carbonyl (C=O) groups is 2. The Hall–Kier alpha value is -3.15. The highest BCUT2D eigenvalue weighted by Gasteiger charge is 2.41. The van der Waals surface area contributed by atoms with Gasteiger partial charge in [-0.2, -0.15) is 17.0 Å². The minimum atomic E-state index is -3.88. The smallest absolute Gasteiger partial charge is 0.317 e. The maximum absolute atomic E-state index is 13.6. The van der Waals surface area contributed by atoms with Crippen molar-refractivity contribution in [3.05, 3.63) is 42.5 Å². The van der Waals surface area contributed by atoms with Crippen LogP contribution in [-0.4, -0.2) is 84.7 Å². The van der Waals surface area contributed by atoms with E-state index in [-0.39, 0.29) is 25.7 Å². The van der Waals surface area contributed by atoms with E-state index in [0.29, 0.717) is 12.2 Å². The van der Waals surface area contributed by atoms with Gasteiger partial charge in [-0.05, 0) is 37.6 Å². The molecule has 0 saturated carbocycles. The first-order valence-corrected chi connectivity index (χ1v) is 14.6. The summed E-state index contributed by atoms with van der Waals surface area (Å²) in [6.45, 7) is 5.75. The van der Waals surface area contributed by atoms with Crippen LogP contribution in [0.4, 0.5) is 10.5 Å². The molecular weight excluding hydrogens is 504 g/mol. The van der Waals surface area contributed by atoms with E-state index >= 15 is 0 Å². The fourth-order valence-electron chi connectivity index (χ4n) is 5.03. The Labute approximate surface area is 224 Å². The van der Waals surface area contributed by atoms with Gasteiger partial charge in [-0.1, -0.05) is 38.0 Å². The van der Waals surface area contributed by atoms with Crippen molar-refractivity contribution in [2.45, 2.75) is 45.7 Å². The molecule has 2 N–H and O–H groups in total. The summed E-state index contributed by atoms with van der Waals surface area (Å²) in [5.41, 5.74) is 2.75. The van der Waals surface area contributed by atoms with Crippen LogP contribution >= 0.6 is 0 Å². The highest BCUT2D eigenvalue weighted by molar-refractivity contribution is 7.86. The lowest BCUT2D eigenvalue weighted by Crippen LogP contribution is -2.63. The number of rotatable bonds is 9. The summed E-state index contributed by atoms with van der Waals surface area (Å²) >= 11 is 0. The van der Waals surface area contributed by atoms with Gasteiger partial charge in [-0.3, -0.25) is 4.79 Å². The van der Waals surface area contributed by atoms with E-state index in [1.54, 1.807) is 0 Å². The number of aromatic nitrogens is 1. The van der Waals surface area contributed by atoms with Crippen LogP contribution in [0.2, 0.25) is 0 Å². The van der Waals surface area contributed by atoms with Crippen molar-refractivity contribution in [2.75, 3.05) is 45.6 Å². The van der Waals surface area contributed by atoms with Crippen LogP contribution in [0.1, 0.15) is 33.1 Å². The Morgan fingerprint density at radius 1 is 1.00 bits per heavy atom. The van der Waals surface area contributed by atoms with Gasteiger partial charge in [0.05, 0.1) is 0 Å². The molecular formula is C27H38N6O4S. The molecule has 1 unspecified atom stereocenters. The number of benzene rings is 2. The number of anilines is 1. The molecule has 1 saturated heterocycles. The molecule has 4 rings (SSSR count). The summed E-state index contributed by atoms with van der Waals surface area (Å²) in [4.78, 5) is 27.9. The third kappa shape index (κ3) is 5.50. The molecule has 3 aromatic rings. The second kappa shape index (κ2) is 11.7. The number of aryl methyl sites for hydroxylation is 1. The van der Waals surface area contributed by atoms with Gasteiger partial charge in [0.2, 0.25) is 5.91 Å². The molecule has 3 amide bonds. The summed E-state index contributed by atoms with van der Waals surface area (Å²) in [7, 11) is -1.00. The van der Waals surface area contributed by atoms with E-state index in [4.69, 9.17) is 0 Å². The molecule has 38 heavy (non-hydrogen) atoms. The van der Waals surface area contributed by atoms with Gasteiger partial charge in [0, 0.05) is 74.3 Å². The Morgan fingerprint density at radius 2 is 1.74 bits per heavy atom. The maximum atomic E-state index is 13.6. The predicted octanol–water partition coefficient (Wildman–Crippen LogP) is 3.45. The number of amides is 3. The molecule has 1 aliphatic rings. The van der Waals surface area contributed by atoms with Gasteiger partial charge in [0.15, 0.2) is 0 Å². The molecule has 1 aliphatic heterocycles. The van der Waals surface area contributed by atoms with Crippen molar-refractivity contribution >= 4 is 49.6 Å². The van der Waals surface area contributed by atoms with E-state index in [0.717, 1.165) is 51.9 Å². The highest BCUT2D eigenvalue weighted by Crippen LogP contribution is 2.31. The van der Waals surface area contributed by atoms with Crippen LogP contribution < -0.4 is 10.6 Å². The second-order valence-electron chi connectivity index (χ2n) is 9.78. The monoisotopic (exact) mass is 542 g/mol. The van der Waals surface area contributed by atoms with Crippen molar-refractivity contribution in [1.29, 1.82) is 0 Å². The minimum absolute atomic E-state index is 0.0317. The third-order valence-electron chi connectivity index (χ3n) is 7.09. The predicted molar refractivity (Wildman–Crippen MR) is 151 cm³/mol. The van der Waals surface area contributed by atoms with E-state index in [1.807, 2.05) is 30.3 Å². The SMILES string of the molecule is CCCCCNC(=O)N1CCN(S(=O)(=O)N(C)C)C(C(=O)Nc2ccc3c(c2)c2ccccc2n3CC)C1. The Morgan fingerprint density at radius 3 is 2.45 bits per heavy atom. The van der Waals surface area contributed by atoms with Crippen molar-refractivity contribution in [3.63, 3.8) is 0 Å². The zero-order valence-corrected chi connectivity index (χ0v) is 23.4. The maximum Gasteiger partial charge on any atom is 0.317 e. The van der Waals surface area contributed by atoms with Crippen LogP contribution in [-0.2, 0) is 21.5 Å². The van der Waals surface area contributed by atoms with E-state index in [9.17, 15) is 18.0 Å². The average Bonchev–Trinajstić information content (AvgIpc) is 3.23. The fraction of sp³-hybridized carbons (Fsp3) is 0.481. The third-order valence-corrected chi connectivity index (χ3v) is 9.04. The molecule has 0 radical (unpaired) electrons. The molecule has 206 valence electrons. The van der Waals surface area contributed by atoms with Gasteiger partial charge < -0.3 is 20.1 Å². The van der Waals surface area contributed by atoms with Crippen LogP contribution in [0.25, 0.3) is 21.8 Å². The molecule has 2 aromatic carbocycles. The Kier molecular flexibility index (Phi) is 8.59. The largest absolute Gasteiger partial charge is 0.341 e. The fourth-order valence-corrected chi connectivity index (χ4v) is 6.25. The lowest BCUT2D eigenvalue weighted by molar-refractivity contribution is -0.121. The normalized spacial score (nSPS) is 16.9. The zero-order valence-electron chi connectivity index (χ0n) is 22.6. The first-order chi connectivity index (χ1) is 18.2. The van der Waals surface area contributed by atoms with Gasteiger partial charge in [0.25, 0.3) is 10.2 Å². The number of unbranched alkanes of at least 4 members (excludes halogenated alkanes) is 2. The summed E-state index contributed by atoms with van der Waals surface area (Å²) in [6, 6.07) is 12.5. The van der Waals surface area contributed by atoms with Crippen LogP contribution in [0.15, 0.2) is 42.5 Å². The number of urea groups is 1. The number of hydrogen-bond donors (Lipinski definition) is 2. The molecule has 0 bridgehead atoms. The Bertz CT molecular complexity index is 1420. The second-order valence-corrected chi connectivity index (χ2v) is 11.9. The highest BCUT2D eigenvalue weighted by atomic mass is 32.2. The average molecular weight is 543 g/mol. The molecule has 10 nitrogen and oxygen atoms in total. The molecule has 1 fully saturated rings. The first kappa shape index (κ1) is 27.9. The van der Waals surface area contributed by atoms with Crippen molar-refractivity contribution < 1.29 is 18.0 Å². The quantitative estimate of drug-likeness (QED) is 0.404. The molecule has 0 aliphatic carbocycles. The number of piperazine rings is 1. The number of carbonyl (C=O) groups excluding carboxylic acids is 2. The van der Waals surface area contributed by atoms with E-state index in [2.05, 4.69) is 41.2 Å². The van der Waals surface area contributed by atoms with Crippen LogP contribution in [0.5, 0.6) is 0 Å². The lowest BCUT2D eigenvalue weighted by Gasteiger charge is -2.40. The first-order valence-electron chi connectivity index (χ1n) is 13.2. The minimum Gasteiger partial charge on any atom is -0.341 e. The number of nitrogens with one attached hydrogen (secondary N) is 2. The zero-order chi connectivity index (χ0) is 27.4. The molecule has 2 heterocycles. The number of para-hydroxylation sites is 1. The van der Waals surface area contributed by atoms with E-state index < -0.39 is 22.2 Å². The van der Waals surface area contributed by atoms with Gasteiger partial charge in [0.1, 0.15) is 6.04 Å². The molecule has 1 atom stereocenters. The topological polar surface area (TPSA) is 107 Å². The van der Waals surface area contributed by atoms with E-state index in [1.165, 1.54) is 23.3 Å². The summed E-state index contributed by atoms with van der Waals surface area (Å²) in [5, 5.41) is 7.91. The van der Waals surface area contributed by atoms with Crippen LogP contribution in [0, 0.1) is 0 Å². The number of nitrogens with zero attached hydrogens (tertiary/aromatic N) is 4. The van der Waals surface area contributed by atoms with Gasteiger partial charge in [-0.15, -0.1) is 0 Å². The van der Waals surface area contributed by atoms with Crippen molar-refractivity contribution in [3.8, 4) is 0 Å². The lowest BCUT2D eigenvalue weighted by atomic mass is 10.1. The molecule has 1 aromatic heterocycles. The van der Waals surface area contributed by atoms with Gasteiger partial charge in [-0.25, -0.2) is 4.79 Å². The Balaban J connectivity index is 1.59. The van der Waals surface area contributed by atoms with Crippen LogP contribution in [0.3, 0.4) is 0 Å². The summed E-state index contributed by atoms with van der Waals surface area (Å²) in [5.74, 6) is -0.475. The van der Waals surface area contributed by atoms with Gasteiger partial charge >= 0.3 is 6.03 Å². The summed E-state index contributed by atoms with van der Waals surface area (Å²) < 4.78 is 30.7. The van der Waals surface area contributed by atoms with Crippen molar-refractivity contribution in [1.82, 2.24) is 23.4 Å². The number of fused-ring (bicyclic) bond motifs is 3.